The molecule has 0 bridgehead atoms. The lowest BCUT2D eigenvalue weighted by Crippen LogP contribution is -2.04. The zero-order valence-electron chi connectivity index (χ0n) is 11.9. The first-order chi connectivity index (χ1) is 9.58. The molecule has 5 nitrogen and oxygen atoms in total. The Morgan fingerprint density at radius 1 is 1.55 bits per heavy atom. The quantitative estimate of drug-likeness (QED) is 0.659. The van der Waals surface area contributed by atoms with Gasteiger partial charge in [-0.3, -0.25) is 0 Å². The van der Waals surface area contributed by atoms with Crippen molar-refractivity contribution < 1.29 is 24.1 Å². The van der Waals surface area contributed by atoms with Crippen molar-refractivity contribution in [3.63, 3.8) is 0 Å². The first-order valence-electron chi connectivity index (χ1n) is 6.35. The van der Waals surface area contributed by atoms with Gasteiger partial charge in [-0.1, -0.05) is 0 Å². The molecule has 0 fully saturated rings. The van der Waals surface area contributed by atoms with Gasteiger partial charge in [-0.05, 0) is 31.6 Å². The number of methoxy groups -OCH3 is 1. The second-order valence-electron chi connectivity index (χ2n) is 4.66. The van der Waals surface area contributed by atoms with Gasteiger partial charge in [0.2, 0.25) is 0 Å². The summed E-state index contributed by atoms with van der Waals surface area (Å²) in [5, 5.41) is 8.93. The zero-order chi connectivity index (χ0) is 14.7. The number of ether oxygens (including phenoxy) is 3. The molecule has 0 spiro atoms. The molecular formula is C15H18O5. The third-order valence-electron chi connectivity index (χ3n) is 3.25. The van der Waals surface area contributed by atoms with E-state index in [1.807, 2.05) is 13.8 Å². The second kappa shape index (κ2) is 5.96. The number of esters is 1. The van der Waals surface area contributed by atoms with Crippen molar-refractivity contribution in [2.24, 2.45) is 0 Å². The van der Waals surface area contributed by atoms with Crippen molar-refractivity contribution >= 4 is 5.97 Å². The highest BCUT2D eigenvalue weighted by atomic mass is 16.5. The zero-order valence-corrected chi connectivity index (χ0v) is 11.9. The molecule has 1 N–H and O–H groups in total. The van der Waals surface area contributed by atoms with Crippen LogP contribution in [0, 0.1) is 6.92 Å². The first kappa shape index (κ1) is 14.4. The number of cyclic esters (lactones) is 1. The fourth-order valence-electron chi connectivity index (χ4n) is 2.08. The Bertz CT molecular complexity index is 560. The third-order valence-corrected chi connectivity index (χ3v) is 3.25. The fourth-order valence-corrected chi connectivity index (χ4v) is 2.08. The van der Waals surface area contributed by atoms with Crippen molar-refractivity contribution in [1.29, 1.82) is 0 Å². The van der Waals surface area contributed by atoms with E-state index in [2.05, 4.69) is 0 Å². The Hall–Kier alpha value is -2.01. The van der Waals surface area contributed by atoms with E-state index < -0.39 is 0 Å². The lowest BCUT2D eigenvalue weighted by Gasteiger charge is -2.13. The van der Waals surface area contributed by atoms with Crippen molar-refractivity contribution in [2.45, 2.75) is 20.5 Å². The molecule has 1 aromatic rings. The van der Waals surface area contributed by atoms with Crippen LogP contribution < -0.4 is 9.47 Å². The van der Waals surface area contributed by atoms with Crippen LogP contribution >= 0.6 is 0 Å². The Morgan fingerprint density at radius 3 is 2.95 bits per heavy atom. The highest BCUT2D eigenvalue weighted by molar-refractivity contribution is 5.97. The molecule has 1 heterocycles. The molecule has 1 aliphatic heterocycles. The van der Waals surface area contributed by atoms with E-state index in [0.717, 1.165) is 16.7 Å². The Morgan fingerprint density at radius 2 is 2.30 bits per heavy atom. The number of carbonyl (C=O) groups excluding carboxylic acids is 1. The molecule has 0 saturated carbocycles. The van der Waals surface area contributed by atoms with Crippen LogP contribution in [0.25, 0.3) is 0 Å². The Labute approximate surface area is 117 Å². The van der Waals surface area contributed by atoms with Crippen LogP contribution in [-0.4, -0.2) is 31.4 Å². The number of aliphatic hydroxyl groups excluding tert-OH is 1. The standard InChI is InChI=1S/C15H18O5/c1-9(7-16)4-5-19-12-6-11-8-20-15(17)13(11)14(18-3)10(12)2/h4,6,16H,5,7-8H2,1-3H3. The van der Waals surface area contributed by atoms with Crippen LogP contribution in [0.15, 0.2) is 17.7 Å². The molecule has 0 aromatic heterocycles. The molecule has 0 saturated heterocycles. The predicted molar refractivity (Wildman–Crippen MR) is 73.2 cm³/mol. The SMILES string of the molecule is COc1c(C)c(OCC=C(C)CO)cc2c1C(=O)OC2. The molecule has 0 unspecified atom stereocenters. The predicted octanol–water partition coefficient (Wildman–Crippen LogP) is 1.99. The van der Waals surface area contributed by atoms with Crippen molar-refractivity contribution in [3.05, 3.63) is 34.4 Å². The molecule has 1 aromatic carbocycles. The number of hydrogen-bond acceptors (Lipinski definition) is 5. The van der Waals surface area contributed by atoms with E-state index in [4.69, 9.17) is 19.3 Å². The van der Waals surface area contributed by atoms with Gasteiger partial charge in [0.25, 0.3) is 0 Å². The molecule has 0 atom stereocenters. The van der Waals surface area contributed by atoms with E-state index in [-0.39, 0.29) is 19.2 Å². The molecule has 5 heteroatoms. The van der Waals surface area contributed by atoms with Crippen molar-refractivity contribution in [2.75, 3.05) is 20.3 Å². The van der Waals surface area contributed by atoms with Gasteiger partial charge < -0.3 is 19.3 Å². The number of fused-ring (bicyclic) bond motifs is 1. The van der Waals surface area contributed by atoms with Gasteiger partial charge in [-0.25, -0.2) is 4.79 Å². The minimum atomic E-state index is -0.359. The summed E-state index contributed by atoms with van der Waals surface area (Å²) in [6, 6.07) is 1.81. The first-order valence-corrected chi connectivity index (χ1v) is 6.35. The van der Waals surface area contributed by atoms with E-state index >= 15 is 0 Å². The van der Waals surface area contributed by atoms with Gasteiger partial charge in [0.1, 0.15) is 30.3 Å². The molecule has 0 aliphatic carbocycles. The van der Waals surface area contributed by atoms with E-state index in [1.54, 1.807) is 12.1 Å². The maximum absolute atomic E-state index is 11.7. The van der Waals surface area contributed by atoms with E-state index in [9.17, 15) is 4.79 Å². The maximum atomic E-state index is 11.7. The maximum Gasteiger partial charge on any atom is 0.342 e. The highest BCUT2D eigenvalue weighted by Crippen LogP contribution is 2.38. The molecule has 2 rings (SSSR count). The van der Waals surface area contributed by atoms with Crippen LogP contribution in [0.1, 0.15) is 28.4 Å². The summed E-state index contributed by atoms with van der Waals surface area (Å²) in [4.78, 5) is 11.7. The van der Waals surface area contributed by atoms with Crippen molar-refractivity contribution in [3.8, 4) is 11.5 Å². The molecule has 0 amide bonds. The summed E-state index contributed by atoms with van der Waals surface area (Å²) in [6.07, 6.45) is 1.81. The second-order valence-corrected chi connectivity index (χ2v) is 4.66. The topological polar surface area (TPSA) is 65.0 Å². The van der Waals surface area contributed by atoms with E-state index in [0.29, 0.717) is 23.7 Å². The smallest absolute Gasteiger partial charge is 0.342 e. The van der Waals surface area contributed by atoms with Gasteiger partial charge in [0.05, 0.1) is 13.7 Å². The van der Waals surface area contributed by atoms with Crippen molar-refractivity contribution in [1.82, 2.24) is 0 Å². The Kier molecular flexibility index (Phi) is 4.29. The summed E-state index contributed by atoms with van der Waals surface area (Å²) >= 11 is 0. The number of rotatable bonds is 5. The van der Waals surface area contributed by atoms with Crippen LogP contribution in [0.2, 0.25) is 0 Å². The molecular weight excluding hydrogens is 260 g/mol. The Balaban J connectivity index is 2.29. The van der Waals surface area contributed by atoms with Gasteiger partial charge in [0.15, 0.2) is 0 Å². The third kappa shape index (κ3) is 2.63. The molecule has 108 valence electrons. The molecule has 1 aliphatic rings. The normalized spacial score (nSPS) is 14.0. The summed E-state index contributed by atoms with van der Waals surface area (Å²) in [5.41, 5.74) is 2.86. The van der Waals surface area contributed by atoms with Gasteiger partial charge in [-0.15, -0.1) is 0 Å². The largest absolute Gasteiger partial charge is 0.495 e. The fraction of sp³-hybridized carbons (Fsp3) is 0.400. The average molecular weight is 278 g/mol. The number of aliphatic hydroxyl groups is 1. The van der Waals surface area contributed by atoms with Crippen LogP contribution in [0.4, 0.5) is 0 Å². The lowest BCUT2D eigenvalue weighted by molar-refractivity contribution is 0.0532. The minimum absolute atomic E-state index is 0.0121. The monoisotopic (exact) mass is 278 g/mol. The minimum Gasteiger partial charge on any atom is -0.495 e. The van der Waals surface area contributed by atoms with Gasteiger partial charge >= 0.3 is 5.97 Å². The molecule has 0 radical (unpaired) electrons. The van der Waals surface area contributed by atoms with Crippen LogP contribution in [0.3, 0.4) is 0 Å². The number of carbonyl (C=O) groups is 1. The van der Waals surface area contributed by atoms with E-state index in [1.165, 1.54) is 7.11 Å². The van der Waals surface area contributed by atoms with Crippen LogP contribution in [0.5, 0.6) is 11.5 Å². The average Bonchev–Trinajstić information content (AvgIpc) is 2.80. The van der Waals surface area contributed by atoms with Crippen LogP contribution in [-0.2, 0) is 11.3 Å². The van der Waals surface area contributed by atoms with Gasteiger partial charge in [0, 0.05) is 11.1 Å². The lowest BCUT2D eigenvalue weighted by atomic mass is 10.0. The summed E-state index contributed by atoms with van der Waals surface area (Å²) in [6.45, 7) is 4.27. The number of hydrogen-bond donors (Lipinski definition) is 1. The summed E-state index contributed by atoms with van der Waals surface area (Å²) in [7, 11) is 1.52. The number of benzene rings is 1. The summed E-state index contributed by atoms with van der Waals surface area (Å²) < 4.78 is 16.0. The molecule has 20 heavy (non-hydrogen) atoms. The van der Waals surface area contributed by atoms with Gasteiger partial charge in [-0.2, -0.15) is 0 Å². The summed E-state index contributed by atoms with van der Waals surface area (Å²) in [5.74, 6) is 0.797. The highest BCUT2D eigenvalue weighted by Gasteiger charge is 2.29.